The quantitative estimate of drug-likeness (QED) is 0.368. The van der Waals surface area contributed by atoms with Gasteiger partial charge in [0.25, 0.3) is 17.7 Å². The molecule has 12 heteroatoms. The maximum Gasteiger partial charge on any atom is 0.264 e. The molecule has 3 heterocycles. The Morgan fingerprint density at radius 3 is 2.50 bits per heavy atom. The van der Waals surface area contributed by atoms with E-state index in [-0.39, 0.29) is 12.5 Å². The van der Waals surface area contributed by atoms with Gasteiger partial charge in [-0.25, -0.2) is 9.91 Å². The molecule has 0 aromatic heterocycles. The molecule has 3 unspecified atom stereocenters. The second kappa shape index (κ2) is 10.5. The normalized spacial score (nSPS) is 21.7. The highest BCUT2D eigenvalue weighted by Crippen LogP contribution is 2.36. The van der Waals surface area contributed by atoms with Gasteiger partial charge in [-0.15, -0.1) is 0 Å². The monoisotopic (exact) mass is 620 g/mol. The number of benzene rings is 3. The average Bonchev–Trinajstić information content (AvgIpc) is 3.64. The van der Waals surface area contributed by atoms with E-state index in [2.05, 4.69) is 31.4 Å². The first-order valence-electron chi connectivity index (χ1n) is 12.4. The smallest absolute Gasteiger partial charge is 0.264 e. The third-order valence-electron chi connectivity index (χ3n) is 7.07. The molecule has 10 nitrogen and oxygen atoms in total. The van der Waals surface area contributed by atoms with E-state index >= 15 is 0 Å². The number of carbonyl (C=O) groups is 3. The Labute approximate surface area is 243 Å². The highest BCUT2D eigenvalue weighted by Gasteiger charge is 2.55. The van der Waals surface area contributed by atoms with Crippen molar-refractivity contribution >= 4 is 56.7 Å². The van der Waals surface area contributed by atoms with Crippen LogP contribution >= 0.6 is 27.5 Å². The van der Waals surface area contributed by atoms with Crippen molar-refractivity contribution in [1.29, 1.82) is 0 Å². The van der Waals surface area contributed by atoms with E-state index in [9.17, 15) is 14.4 Å². The fourth-order valence-corrected chi connectivity index (χ4v) is 5.59. The van der Waals surface area contributed by atoms with Crippen LogP contribution in [0, 0.1) is 0 Å². The van der Waals surface area contributed by atoms with Crippen molar-refractivity contribution in [2.75, 3.05) is 18.6 Å². The molecule has 1 saturated heterocycles. The third kappa shape index (κ3) is 4.65. The van der Waals surface area contributed by atoms with Gasteiger partial charge in [-0.05, 0) is 53.6 Å². The molecule has 3 aromatic carbocycles. The van der Waals surface area contributed by atoms with Crippen LogP contribution in [0.1, 0.15) is 23.6 Å². The molecule has 6 rings (SSSR count). The lowest BCUT2D eigenvalue weighted by Crippen LogP contribution is -2.44. The summed E-state index contributed by atoms with van der Waals surface area (Å²) in [6, 6.07) is 19.2. The molecule has 0 saturated carbocycles. The molecule has 3 amide bonds. The molecular weight excluding hydrogens is 600 g/mol. The number of ether oxygens (including phenoxy) is 1. The van der Waals surface area contributed by atoms with Crippen LogP contribution < -0.4 is 9.64 Å². The predicted octanol–water partition coefficient (Wildman–Crippen LogP) is 4.78. The first-order valence-corrected chi connectivity index (χ1v) is 13.6. The summed E-state index contributed by atoms with van der Waals surface area (Å²) in [5.41, 5.74) is 2.87. The largest absolute Gasteiger partial charge is 0.497 e. The van der Waals surface area contributed by atoms with Crippen LogP contribution in [0.15, 0.2) is 92.7 Å². The molecular formula is C28H22BrClN6O4. The second-order valence-electron chi connectivity index (χ2n) is 9.47. The van der Waals surface area contributed by atoms with Crippen LogP contribution in [0.2, 0.25) is 5.02 Å². The zero-order valence-electron chi connectivity index (χ0n) is 21.1. The Morgan fingerprint density at radius 2 is 1.80 bits per heavy atom. The number of rotatable bonds is 6. The Balaban J connectivity index is 1.26. The minimum atomic E-state index is -1.01. The summed E-state index contributed by atoms with van der Waals surface area (Å²) in [6.45, 7) is -0.278. The van der Waals surface area contributed by atoms with Gasteiger partial charge in [0.2, 0.25) is 0 Å². The Hall–Kier alpha value is -4.09. The number of hydrazone groups is 1. The number of nitrogens with zero attached hydrogens (tertiary/aromatic N) is 6. The van der Waals surface area contributed by atoms with Gasteiger partial charge in [0, 0.05) is 15.9 Å². The molecule has 202 valence electrons. The summed E-state index contributed by atoms with van der Waals surface area (Å²) < 4.78 is 6.01. The summed E-state index contributed by atoms with van der Waals surface area (Å²) in [7, 11) is 1.59. The van der Waals surface area contributed by atoms with E-state index in [1.807, 2.05) is 36.4 Å². The van der Waals surface area contributed by atoms with E-state index in [1.165, 1.54) is 10.0 Å². The van der Waals surface area contributed by atoms with Gasteiger partial charge in [0.05, 0.1) is 24.6 Å². The molecule has 0 N–H and O–H groups in total. The van der Waals surface area contributed by atoms with Crippen LogP contribution in [-0.2, 0) is 14.4 Å². The minimum Gasteiger partial charge on any atom is -0.497 e. The van der Waals surface area contributed by atoms with Crippen LogP contribution in [0.25, 0.3) is 0 Å². The number of amides is 3. The Bertz CT molecular complexity index is 1560. The van der Waals surface area contributed by atoms with Crippen molar-refractivity contribution < 1.29 is 19.1 Å². The number of hydrogen-bond donors (Lipinski definition) is 0. The molecule has 3 aliphatic heterocycles. The van der Waals surface area contributed by atoms with Crippen LogP contribution in [0.5, 0.6) is 5.75 Å². The summed E-state index contributed by atoms with van der Waals surface area (Å²) in [6.07, 6.45) is 0.474. The highest BCUT2D eigenvalue weighted by atomic mass is 79.9. The predicted molar refractivity (Wildman–Crippen MR) is 151 cm³/mol. The van der Waals surface area contributed by atoms with Crippen molar-refractivity contribution in [3.05, 3.63) is 93.4 Å². The number of halogens is 2. The number of methoxy groups -OCH3 is 1. The zero-order valence-corrected chi connectivity index (χ0v) is 23.5. The maximum absolute atomic E-state index is 13.7. The summed E-state index contributed by atoms with van der Waals surface area (Å²) in [5.74, 6) is -0.650. The summed E-state index contributed by atoms with van der Waals surface area (Å²) in [4.78, 5) is 41.3. The lowest BCUT2D eigenvalue weighted by molar-refractivity contribution is -0.135. The molecule has 0 radical (unpaired) electrons. The van der Waals surface area contributed by atoms with Crippen LogP contribution in [0.3, 0.4) is 0 Å². The van der Waals surface area contributed by atoms with E-state index in [1.54, 1.807) is 43.5 Å². The van der Waals surface area contributed by atoms with Crippen molar-refractivity contribution in [2.24, 2.45) is 15.4 Å². The third-order valence-corrected chi connectivity index (χ3v) is 7.81. The first kappa shape index (κ1) is 26.1. The molecule has 1 fully saturated rings. The maximum atomic E-state index is 13.7. The first-order chi connectivity index (χ1) is 19.3. The highest BCUT2D eigenvalue weighted by molar-refractivity contribution is 9.10. The second-order valence-corrected chi connectivity index (χ2v) is 10.8. The molecule has 3 aromatic rings. The number of imide groups is 1. The van der Waals surface area contributed by atoms with E-state index in [0.29, 0.717) is 22.9 Å². The molecule has 0 spiro atoms. The Morgan fingerprint density at radius 1 is 1.05 bits per heavy atom. The molecule has 3 aliphatic rings. The van der Waals surface area contributed by atoms with Gasteiger partial charge >= 0.3 is 0 Å². The van der Waals surface area contributed by atoms with Crippen LogP contribution in [-0.4, -0.2) is 59.2 Å². The fourth-order valence-electron chi connectivity index (χ4n) is 5.08. The number of hydrogen-bond acceptors (Lipinski definition) is 8. The van der Waals surface area contributed by atoms with Crippen molar-refractivity contribution in [1.82, 2.24) is 10.0 Å². The van der Waals surface area contributed by atoms with Crippen LogP contribution in [0.4, 0.5) is 5.69 Å². The van der Waals surface area contributed by atoms with Gasteiger partial charge in [0.1, 0.15) is 12.3 Å². The standard InChI is InChI=1S/C28H22BrClN6O4/c1-40-21-11-7-17(8-12-21)23-14-22(16-5-9-19(30)10-6-16)32-36(23)24(37)15-34-26-25(31-33-34)27(38)35(28(26)39)20-4-2-3-18(29)13-20/h2-13,23,25-26H,14-15H2,1H3. The number of anilines is 1. The molecule has 0 bridgehead atoms. The van der Waals surface area contributed by atoms with E-state index < -0.39 is 29.9 Å². The molecule has 0 aliphatic carbocycles. The Kier molecular flexibility index (Phi) is 6.85. The topological polar surface area (TPSA) is 107 Å². The number of fused-ring (bicyclic) bond motifs is 1. The van der Waals surface area contributed by atoms with Gasteiger partial charge in [-0.2, -0.15) is 10.2 Å². The minimum absolute atomic E-state index is 0.278. The summed E-state index contributed by atoms with van der Waals surface area (Å²) >= 11 is 9.44. The lowest BCUT2D eigenvalue weighted by atomic mass is 9.98. The van der Waals surface area contributed by atoms with Gasteiger partial charge in [-0.1, -0.05) is 63.1 Å². The van der Waals surface area contributed by atoms with Gasteiger partial charge < -0.3 is 4.74 Å². The SMILES string of the molecule is COc1ccc(C2CC(c3ccc(Cl)cc3)=NN2C(=O)CN2N=NC3C(=O)N(c4cccc(Br)c4)C(=O)C32)cc1. The lowest BCUT2D eigenvalue weighted by Gasteiger charge is -2.25. The van der Waals surface area contributed by atoms with Crippen molar-refractivity contribution in [2.45, 2.75) is 24.5 Å². The van der Waals surface area contributed by atoms with Gasteiger partial charge in [-0.3, -0.25) is 19.4 Å². The zero-order chi connectivity index (χ0) is 28.0. The summed E-state index contributed by atoms with van der Waals surface area (Å²) in [5, 5.41) is 16.1. The number of carbonyl (C=O) groups excluding carboxylic acids is 3. The fraction of sp³-hybridized carbons (Fsp3) is 0.214. The van der Waals surface area contributed by atoms with Crippen molar-refractivity contribution in [3.63, 3.8) is 0 Å². The molecule has 3 atom stereocenters. The van der Waals surface area contributed by atoms with Crippen molar-refractivity contribution in [3.8, 4) is 5.75 Å². The van der Waals surface area contributed by atoms with E-state index in [4.69, 9.17) is 16.3 Å². The van der Waals surface area contributed by atoms with E-state index in [0.717, 1.165) is 26.2 Å². The van der Waals surface area contributed by atoms with Gasteiger partial charge in [0.15, 0.2) is 12.1 Å². The average molecular weight is 622 g/mol. The molecule has 40 heavy (non-hydrogen) atoms.